The molecule has 0 spiro atoms. The van der Waals surface area contributed by atoms with Crippen molar-refractivity contribution in [2.24, 2.45) is 0 Å². The molecule has 2 atom stereocenters. The summed E-state index contributed by atoms with van der Waals surface area (Å²) in [7, 11) is 1.34. The second-order valence-corrected chi connectivity index (χ2v) is 12.8. The van der Waals surface area contributed by atoms with Crippen LogP contribution >= 0.6 is 0 Å². The van der Waals surface area contributed by atoms with E-state index in [1.807, 2.05) is 0 Å². The summed E-state index contributed by atoms with van der Waals surface area (Å²) in [6, 6.07) is 0.670. The Morgan fingerprint density at radius 1 is 1.20 bits per heavy atom. The lowest BCUT2D eigenvalue weighted by Gasteiger charge is -2.43. The normalized spacial score (nSPS) is 20.4. The summed E-state index contributed by atoms with van der Waals surface area (Å²) < 4.78 is 60.3. The van der Waals surface area contributed by atoms with E-state index in [1.54, 1.807) is 41.5 Å². The van der Waals surface area contributed by atoms with Crippen LogP contribution in [0.4, 0.5) is 23.7 Å². The first-order chi connectivity index (χ1) is 20.8. The zero-order valence-electron chi connectivity index (χ0n) is 27.3. The highest BCUT2D eigenvalue weighted by atomic mass is 19.4. The van der Waals surface area contributed by atoms with E-state index in [9.17, 15) is 32.3 Å². The minimum Gasteiger partial charge on any atom is -0.473 e. The number of anilines is 1. The van der Waals surface area contributed by atoms with E-state index >= 15 is 0 Å². The molecule has 2 aliphatic heterocycles. The Hall–Kier alpha value is -3.55. The van der Waals surface area contributed by atoms with Crippen molar-refractivity contribution in [1.82, 2.24) is 15.1 Å². The van der Waals surface area contributed by atoms with Crippen molar-refractivity contribution in [3.05, 3.63) is 23.3 Å². The molecule has 252 valence electrons. The van der Waals surface area contributed by atoms with Gasteiger partial charge in [0, 0.05) is 45.8 Å². The Morgan fingerprint density at radius 2 is 1.87 bits per heavy atom. The highest BCUT2D eigenvalue weighted by Gasteiger charge is 2.48. The Bertz CT molecular complexity index is 1280. The number of carbonyl (C=O) groups is 4. The molecule has 1 saturated heterocycles. The number of methoxy groups -OCH3 is 1. The topological polar surface area (TPSA) is 118 Å². The number of fused-ring (bicyclic) bond motifs is 1. The van der Waals surface area contributed by atoms with Gasteiger partial charge in [0.15, 0.2) is 0 Å². The second-order valence-electron chi connectivity index (χ2n) is 12.8. The Kier molecular flexibility index (Phi) is 11.0. The van der Waals surface area contributed by atoms with Crippen LogP contribution in [0.2, 0.25) is 0 Å². The molecule has 2 aliphatic rings. The summed E-state index contributed by atoms with van der Waals surface area (Å²) in [6.45, 7) is 11.8. The fourth-order valence-corrected chi connectivity index (χ4v) is 5.61. The van der Waals surface area contributed by atoms with Crippen molar-refractivity contribution in [1.29, 1.82) is 0 Å². The molecule has 1 N–H and O–H groups in total. The van der Waals surface area contributed by atoms with Gasteiger partial charge in [-0.05, 0) is 66.5 Å². The lowest BCUT2D eigenvalue weighted by molar-refractivity contribution is -0.140. The number of nitrogens with one attached hydrogen (secondary N) is 1. The predicted octanol–water partition coefficient (Wildman–Crippen LogP) is 4.61. The van der Waals surface area contributed by atoms with Crippen molar-refractivity contribution in [3.63, 3.8) is 0 Å². The molecule has 2 heterocycles. The average Bonchev–Trinajstić information content (AvgIpc) is 2.93. The summed E-state index contributed by atoms with van der Waals surface area (Å²) in [5.41, 5.74) is -4.30. The number of ether oxygens (including phenoxy) is 3. The van der Waals surface area contributed by atoms with Gasteiger partial charge in [0.25, 0.3) is 11.8 Å². The van der Waals surface area contributed by atoms with Gasteiger partial charge >= 0.3 is 12.3 Å². The van der Waals surface area contributed by atoms with E-state index in [1.165, 1.54) is 28.7 Å². The van der Waals surface area contributed by atoms with Gasteiger partial charge < -0.3 is 34.2 Å². The maximum atomic E-state index is 14.6. The molecule has 45 heavy (non-hydrogen) atoms. The van der Waals surface area contributed by atoms with Crippen molar-refractivity contribution in [2.75, 3.05) is 44.8 Å². The maximum Gasteiger partial charge on any atom is 0.417 e. The van der Waals surface area contributed by atoms with Crippen LogP contribution in [-0.2, 0) is 25.2 Å². The largest absolute Gasteiger partial charge is 0.473 e. The van der Waals surface area contributed by atoms with E-state index in [2.05, 4.69) is 5.32 Å². The van der Waals surface area contributed by atoms with Gasteiger partial charge in [0.2, 0.25) is 11.5 Å². The van der Waals surface area contributed by atoms with Crippen molar-refractivity contribution < 1.29 is 46.6 Å². The molecule has 1 aromatic rings. The van der Waals surface area contributed by atoms with Gasteiger partial charge in [-0.15, -0.1) is 0 Å². The number of amides is 4. The Morgan fingerprint density at radius 3 is 2.42 bits per heavy atom. The highest BCUT2D eigenvalue weighted by Crippen LogP contribution is 2.44. The number of likely N-dealkylation sites (tertiary alicyclic amines) is 1. The van der Waals surface area contributed by atoms with Crippen molar-refractivity contribution in [2.45, 2.75) is 97.2 Å². The molecule has 1 unspecified atom stereocenters. The molecule has 0 aromatic heterocycles. The number of carbonyl (C=O) groups excluding carboxylic acids is 4. The van der Waals surface area contributed by atoms with Gasteiger partial charge in [0.05, 0.1) is 29.5 Å². The number of alkyl halides is 3. The van der Waals surface area contributed by atoms with Crippen LogP contribution in [-0.4, -0.2) is 96.8 Å². The number of halogens is 3. The fourth-order valence-electron chi connectivity index (χ4n) is 5.61. The molecular formula is C31H45F3N4O7. The molecule has 1 fully saturated rings. The molecule has 4 amide bonds. The van der Waals surface area contributed by atoms with Crippen LogP contribution in [0.15, 0.2) is 12.1 Å². The Labute approximate surface area is 262 Å². The fraction of sp³-hybridized carbons (Fsp3) is 0.677. The standard InChI is InChI=1S/C31H45F3N4O7/c1-9-25(39)35-12-14-37-23-15-21(22(31(32,33)34)16-24(23)44-30(7,18-43-8)27(37)41)26(40)38(19(2)3)20-11-10-13-36(17-20)28(42)45-29(4,5)6/h15-16,19-20H,9-14,17-18H2,1-8H3,(H,35,39)/t20-,30?/m1/s1. The summed E-state index contributed by atoms with van der Waals surface area (Å²) in [5.74, 6) is -2.00. The molecular weight excluding hydrogens is 597 g/mol. The predicted molar refractivity (Wildman–Crippen MR) is 160 cm³/mol. The molecule has 0 aliphatic carbocycles. The molecule has 0 radical (unpaired) electrons. The smallest absolute Gasteiger partial charge is 0.417 e. The van der Waals surface area contributed by atoms with Crippen molar-refractivity contribution >= 4 is 29.5 Å². The van der Waals surface area contributed by atoms with Gasteiger partial charge in [-0.1, -0.05) is 6.92 Å². The van der Waals surface area contributed by atoms with Crippen LogP contribution in [0.3, 0.4) is 0 Å². The number of rotatable bonds is 9. The van der Waals surface area contributed by atoms with E-state index in [0.29, 0.717) is 19.4 Å². The summed E-state index contributed by atoms with van der Waals surface area (Å²) in [5, 5.41) is 2.66. The van der Waals surface area contributed by atoms with Crippen LogP contribution in [0.5, 0.6) is 5.75 Å². The van der Waals surface area contributed by atoms with Crippen LogP contribution < -0.4 is 15.0 Å². The third-order valence-corrected chi connectivity index (χ3v) is 7.59. The highest BCUT2D eigenvalue weighted by molar-refractivity contribution is 6.05. The molecule has 14 heteroatoms. The molecule has 1 aromatic carbocycles. The molecule has 0 bridgehead atoms. The second kappa shape index (κ2) is 13.8. The lowest BCUT2D eigenvalue weighted by atomic mass is 9.96. The van der Waals surface area contributed by atoms with Crippen LogP contribution in [0.1, 0.15) is 83.7 Å². The van der Waals surface area contributed by atoms with Gasteiger partial charge in [-0.2, -0.15) is 13.2 Å². The van der Waals surface area contributed by atoms with E-state index in [4.69, 9.17) is 14.2 Å². The third-order valence-electron chi connectivity index (χ3n) is 7.59. The molecule has 3 rings (SSSR count). The first kappa shape index (κ1) is 35.9. The number of nitrogens with zero attached hydrogens (tertiary/aromatic N) is 3. The number of hydrogen-bond acceptors (Lipinski definition) is 7. The SMILES string of the molecule is CCC(=O)NCCN1C(=O)C(C)(COC)Oc2cc(C(F)(F)F)c(C(=O)N(C(C)C)[C@@H]3CCCN(C(=O)OC(C)(C)C)C3)cc21. The maximum absolute atomic E-state index is 14.6. The minimum atomic E-state index is -4.94. The molecule has 11 nitrogen and oxygen atoms in total. The number of benzene rings is 1. The lowest BCUT2D eigenvalue weighted by Crippen LogP contribution is -2.58. The van der Waals surface area contributed by atoms with Crippen LogP contribution in [0.25, 0.3) is 0 Å². The summed E-state index contributed by atoms with van der Waals surface area (Å²) >= 11 is 0. The monoisotopic (exact) mass is 642 g/mol. The quantitative estimate of drug-likeness (QED) is 0.418. The van der Waals surface area contributed by atoms with Gasteiger partial charge in [-0.25, -0.2) is 4.79 Å². The molecule has 0 saturated carbocycles. The van der Waals surface area contributed by atoms with Gasteiger partial charge in [0.1, 0.15) is 11.4 Å². The van der Waals surface area contributed by atoms with Crippen LogP contribution in [0, 0.1) is 0 Å². The summed E-state index contributed by atoms with van der Waals surface area (Å²) in [6.07, 6.45) is -4.31. The third kappa shape index (κ3) is 8.39. The number of piperidine rings is 1. The summed E-state index contributed by atoms with van der Waals surface area (Å²) in [4.78, 5) is 56.5. The van der Waals surface area contributed by atoms with E-state index in [0.717, 1.165) is 12.1 Å². The minimum absolute atomic E-state index is 0.0198. The average molecular weight is 643 g/mol. The Balaban J connectivity index is 2.09. The van der Waals surface area contributed by atoms with E-state index in [-0.39, 0.29) is 50.0 Å². The van der Waals surface area contributed by atoms with Crippen molar-refractivity contribution in [3.8, 4) is 5.75 Å². The zero-order valence-corrected chi connectivity index (χ0v) is 27.3. The van der Waals surface area contributed by atoms with E-state index < -0.39 is 58.5 Å². The first-order valence-corrected chi connectivity index (χ1v) is 15.2. The van der Waals surface area contributed by atoms with Gasteiger partial charge in [-0.3, -0.25) is 14.4 Å². The first-order valence-electron chi connectivity index (χ1n) is 15.2. The zero-order chi connectivity index (χ0) is 33.9. The number of hydrogen-bond donors (Lipinski definition) is 1.